The summed E-state index contributed by atoms with van der Waals surface area (Å²) in [5, 5.41) is 0. The van der Waals surface area contributed by atoms with Crippen LogP contribution < -0.4 is 0 Å². The van der Waals surface area contributed by atoms with Crippen molar-refractivity contribution in [2.45, 2.75) is 46.5 Å². The van der Waals surface area contributed by atoms with Gasteiger partial charge in [-0.05, 0) is 49.3 Å². The van der Waals surface area contributed by atoms with Gasteiger partial charge in [-0.1, -0.05) is 32.9 Å². The molecule has 1 aromatic carbocycles. The smallest absolute Gasteiger partial charge is 0.227 e. The molecule has 1 aromatic rings. The summed E-state index contributed by atoms with van der Waals surface area (Å²) in [6.07, 6.45) is 4.16. The van der Waals surface area contributed by atoms with Crippen molar-refractivity contribution in [1.82, 2.24) is 4.90 Å². The second kappa shape index (κ2) is 6.59. The largest absolute Gasteiger partial charge is 0.342 e. The number of benzene rings is 1. The molecule has 2 nitrogen and oxygen atoms in total. The third-order valence-electron chi connectivity index (χ3n) is 4.18. The lowest BCUT2D eigenvalue weighted by atomic mass is 9.88. The van der Waals surface area contributed by atoms with Crippen LogP contribution in [0.25, 0.3) is 0 Å². The number of rotatable bonds is 3. The number of nitrogens with zero attached hydrogens (tertiary/aromatic N) is 1. The highest BCUT2D eigenvalue weighted by Gasteiger charge is 2.30. The van der Waals surface area contributed by atoms with Crippen molar-refractivity contribution in [3.05, 3.63) is 35.6 Å². The Morgan fingerprint density at radius 3 is 2.81 bits per heavy atom. The second-order valence-corrected chi connectivity index (χ2v) is 7.18. The van der Waals surface area contributed by atoms with Gasteiger partial charge in [0.05, 0.1) is 0 Å². The Morgan fingerprint density at radius 1 is 1.38 bits per heavy atom. The van der Waals surface area contributed by atoms with Gasteiger partial charge in [-0.2, -0.15) is 0 Å². The molecule has 1 aliphatic rings. The van der Waals surface area contributed by atoms with Crippen LogP contribution in [0.1, 0.15) is 45.6 Å². The van der Waals surface area contributed by atoms with E-state index in [1.54, 1.807) is 12.1 Å². The number of hydrogen-bond donors (Lipinski definition) is 0. The first-order chi connectivity index (χ1) is 9.86. The number of carbonyl (C=O) groups excluding carboxylic acids is 1. The number of likely N-dealkylation sites (tertiary alicyclic amines) is 1. The molecule has 0 bridgehead atoms. The minimum absolute atomic E-state index is 0.166. The summed E-state index contributed by atoms with van der Waals surface area (Å²) in [5.41, 5.74) is 0.749. The Morgan fingerprint density at radius 2 is 2.14 bits per heavy atom. The van der Waals surface area contributed by atoms with Crippen LogP contribution >= 0.6 is 0 Å². The quantitative estimate of drug-likeness (QED) is 0.823. The molecule has 2 rings (SSSR count). The van der Waals surface area contributed by atoms with Gasteiger partial charge in [-0.25, -0.2) is 4.39 Å². The first kappa shape index (κ1) is 16.0. The maximum Gasteiger partial charge on any atom is 0.227 e. The van der Waals surface area contributed by atoms with Crippen LogP contribution in [0.15, 0.2) is 24.3 Å². The standard InChI is InChI=1S/C18H26FNO/c1-18(2,3)17(21)20-11-5-7-15(13-20)10-9-14-6-4-8-16(19)12-14/h4,6,8,12,15H,5,7,9-11,13H2,1-3H3/t15-/m0/s1. The Labute approximate surface area is 127 Å². The van der Waals surface area contributed by atoms with E-state index in [0.29, 0.717) is 5.92 Å². The molecular formula is C18H26FNO. The summed E-state index contributed by atoms with van der Waals surface area (Å²) in [4.78, 5) is 14.4. The van der Waals surface area contributed by atoms with Crippen molar-refractivity contribution in [3.63, 3.8) is 0 Å². The zero-order valence-electron chi connectivity index (χ0n) is 13.4. The van der Waals surface area contributed by atoms with E-state index in [0.717, 1.165) is 37.9 Å². The molecule has 1 saturated heterocycles. The van der Waals surface area contributed by atoms with Crippen molar-refractivity contribution < 1.29 is 9.18 Å². The normalized spacial score (nSPS) is 19.6. The van der Waals surface area contributed by atoms with E-state index >= 15 is 0 Å². The summed E-state index contributed by atoms with van der Waals surface area (Å²) < 4.78 is 13.2. The number of aryl methyl sites for hydroxylation is 1. The molecule has 3 heteroatoms. The van der Waals surface area contributed by atoms with E-state index in [4.69, 9.17) is 0 Å². The van der Waals surface area contributed by atoms with Crippen LogP contribution in [-0.2, 0) is 11.2 Å². The summed E-state index contributed by atoms with van der Waals surface area (Å²) in [5.74, 6) is 0.618. The highest BCUT2D eigenvalue weighted by Crippen LogP contribution is 2.26. The second-order valence-electron chi connectivity index (χ2n) is 7.18. The predicted octanol–water partition coefficient (Wildman–Crippen LogP) is 4.04. The van der Waals surface area contributed by atoms with E-state index in [1.165, 1.54) is 12.5 Å². The van der Waals surface area contributed by atoms with Crippen molar-refractivity contribution in [2.75, 3.05) is 13.1 Å². The van der Waals surface area contributed by atoms with E-state index < -0.39 is 0 Å². The summed E-state index contributed by atoms with van der Waals surface area (Å²) in [7, 11) is 0. The Balaban J connectivity index is 1.88. The molecule has 0 N–H and O–H groups in total. The predicted molar refractivity (Wildman–Crippen MR) is 83.5 cm³/mol. The van der Waals surface area contributed by atoms with Gasteiger partial charge in [-0.15, -0.1) is 0 Å². The molecule has 1 atom stereocenters. The molecule has 0 radical (unpaired) electrons. The van der Waals surface area contributed by atoms with Gasteiger partial charge in [-0.3, -0.25) is 4.79 Å². The van der Waals surface area contributed by atoms with Gasteiger partial charge in [0.2, 0.25) is 5.91 Å². The van der Waals surface area contributed by atoms with Crippen LogP contribution in [-0.4, -0.2) is 23.9 Å². The zero-order chi connectivity index (χ0) is 15.5. The van der Waals surface area contributed by atoms with Gasteiger partial charge in [0.25, 0.3) is 0 Å². The molecule has 0 aliphatic carbocycles. The van der Waals surface area contributed by atoms with E-state index in [2.05, 4.69) is 0 Å². The van der Waals surface area contributed by atoms with Crippen LogP contribution in [0.3, 0.4) is 0 Å². The average molecular weight is 291 g/mol. The third-order valence-corrected chi connectivity index (χ3v) is 4.18. The number of halogens is 1. The molecule has 0 spiro atoms. The molecule has 0 saturated carbocycles. The highest BCUT2D eigenvalue weighted by molar-refractivity contribution is 5.81. The fourth-order valence-electron chi connectivity index (χ4n) is 3.02. The summed E-state index contributed by atoms with van der Waals surface area (Å²) >= 11 is 0. The van der Waals surface area contributed by atoms with Crippen LogP contribution in [0.2, 0.25) is 0 Å². The lowest BCUT2D eigenvalue weighted by molar-refractivity contribution is -0.141. The SMILES string of the molecule is CC(C)(C)C(=O)N1CCC[C@@H](CCc2cccc(F)c2)C1. The molecule has 0 unspecified atom stereocenters. The zero-order valence-corrected chi connectivity index (χ0v) is 13.4. The van der Waals surface area contributed by atoms with Gasteiger partial charge in [0.15, 0.2) is 0 Å². The van der Waals surface area contributed by atoms with Crippen molar-refractivity contribution >= 4 is 5.91 Å². The van der Waals surface area contributed by atoms with Crippen LogP contribution in [0.4, 0.5) is 4.39 Å². The number of carbonyl (C=O) groups is 1. The summed E-state index contributed by atoms with van der Waals surface area (Å²) in [6, 6.07) is 6.83. The fourth-order valence-corrected chi connectivity index (χ4v) is 3.02. The van der Waals surface area contributed by atoms with Crippen molar-refractivity contribution in [2.24, 2.45) is 11.3 Å². The lowest BCUT2D eigenvalue weighted by Gasteiger charge is -2.36. The number of piperidine rings is 1. The molecule has 1 heterocycles. The number of amides is 1. The van der Waals surface area contributed by atoms with Crippen molar-refractivity contribution in [1.29, 1.82) is 0 Å². The molecule has 1 amide bonds. The molecule has 116 valence electrons. The average Bonchev–Trinajstić information content (AvgIpc) is 2.44. The lowest BCUT2D eigenvalue weighted by Crippen LogP contribution is -2.45. The molecule has 0 aromatic heterocycles. The van der Waals surface area contributed by atoms with Gasteiger partial charge in [0.1, 0.15) is 5.82 Å². The number of hydrogen-bond acceptors (Lipinski definition) is 1. The van der Waals surface area contributed by atoms with Gasteiger partial charge >= 0.3 is 0 Å². The van der Waals surface area contributed by atoms with E-state index in [1.807, 2.05) is 31.7 Å². The highest BCUT2D eigenvalue weighted by atomic mass is 19.1. The Hall–Kier alpha value is -1.38. The first-order valence-electron chi connectivity index (χ1n) is 7.90. The molecule has 1 fully saturated rings. The summed E-state index contributed by atoms with van der Waals surface area (Å²) in [6.45, 7) is 7.67. The topological polar surface area (TPSA) is 20.3 Å². The van der Waals surface area contributed by atoms with Crippen LogP contribution in [0.5, 0.6) is 0 Å². The van der Waals surface area contributed by atoms with Gasteiger partial charge in [0, 0.05) is 18.5 Å². The van der Waals surface area contributed by atoms with E-state index in [9.17, 15) is 9.18 Å². The Kier molecular flexibility index (Phi) is 5.02. The molecule has 21 heavy (non-hydrogen) atoms. The minimum Gasteiger partial charge on any atom is -0.342 e. The fraction of sp³-hybridized carbons (Fsp3) is 0.611. The van der Waals surface area contributed by atoms with Crippen molar-refractivity contribution in [3.8, 4) is 0 Å². The van der Waals surface area contributed by atoms with Crippen LogP contribution in [0, 0.1) is 17.2 Å². The van der Waals surface area contributed by atoms with Gasteiger partial charge < -0.3 is 4.90 Å². The third kappa shape index (κ3) is 4.55. The van der Waals surface area contributed by atoms with E-state index in [-0.39, 0.29) is 17.1 Å². The maximum absolute atomic E-state index is 13.2. The minimum atomic E-state index is -0.301. The Bertz CT molecular complexity index is 492. The first-order valence-corrected chi connectivity index (χ1v) is 7.90. The molecular weight excluding hydrogens is 265 g/mol. The molecule has 1 aliphatic heterocycles. The monoisotopic (exact) mass is 291 g/mol. The maximum atomic E-state index is 13.2.